The fraction of sp³-hybridized carbons (Fsp3) is 0.273. The van der Waals surface area contributed by atoms with Crippen LogP contribution < -0.4 is 11.1 Å². The molecule has 0 aliphatic rings. The van der Waals surface area contributed by atoms with Crippen molar-refractivity contribution in [2.45, 2.75) is 6.42 Å². The number of carbonyl (C=O) groups is 1. The van der Waals surface area contributed by atoms with Crippen molar-refractivity contribution >= 4 is 17.2 Å². The van der Waals surface area contributed by atoms with E-state index in [1.54, 1.807) is 17.4 Å². The summed E-state index contributed by atoms with van der Waals surface area (Å²) in [6, 6.07) is 5.69. The Morgan fingerprint density at radius 1 is 1.59 bits per heavy atom. The highest BCUT2D eigenvalue weighted by Gasteiger charge is 2.10. The third kappa shape index (κ3) is 2.92. The first-order chi connectivity index (χ1) is 8.31. The zero-order chi connectivity index (χ0) is 12.1. The van der Waals surface area contributed by atoms with E-state index >= 15 is 0 Å². The maximum Gasteiger partial charge on any atom is 0.271 e. The van der Waals surface area contributed by atoms with Gasteiger partial charge in [0.05, 0.1) is 10.6 Å². The van der Waals surface area contributed by atoms with Gasteiger partial charge in [-0.15, -0.1) is 11.3 Å². The Morgan fingerprint density at radius 2 is 2.47 bits per heavy atom. The number of nitrogens with zero attached hydrogens (tertiary/aromatic N) is 1. The lowest BCUT2D eigenvalue weighted by molar-refractivity contribution is 0.0948. The number of rotatable bonds is 5. The second-order valence-electron chi connectivity index (χ2n) is 3.54. The molecule has 0 saturated carbocycles. The number of amides is 1. The van der Waals surface area contributed by atoms with Gasteiger partial charge in [-0.2, -0.15) is 5.10 Å². The topological polar surface area (TPSA) is 83.8 Å². The minimum absolute atomic E-state index is 0.169. The van der Waals surface area contributed by atoms with E-state index in [1.165, 1.54) is 0 Å². The van der Waals surface area contributed by atoms with E-state index in [1.807, 2.05) is 17.5 Å². The number of hydrogen-bond donors (Lipinski definition) is 3. The molecule has 0 saturated heterocycles. The number of aromatic amines is 1. The summed E-state index contributed by atoms with van der Waals surface area (Å²) in [6.07, 6.45) is 0.772. The molecule has 2 rings (SSSR count). The summed E-state index contributed by atoms with van der Waals surface area (Å²) in [5.74, 6) is -0.169. The summed E-state index contributed by atoms with van der Waals surface area (Å²) < 4.78 is 0. The van der Waals surface area contributed by atoms with E-state index in [-0.39, 0.29) is 5.91 Å². The zero-order valence-electron chi connectivity index (χ0n) is 9.27. The van der Waals surface area contributed by atoms with Crippen molar-refractivity contribution in [2.24, 2.45) is 5.73 Å². The molecule has 0 aliphatic heterocycles. The monoisotopic (exact) mass is 250 g/mol. The predicted octanol–water partition coefficient (Wildman–Crippen LogP) is 1.22. The van der Waals surface area contributed by atoms with E-state index in [9.17, 15) is 4.79 Å². The number of nitrogens with one attached hydrogen (secondary N) is 2. The summed E-state index contributed by atoms with van der Waals surface area (Å²) in [7, 11) is 0. The first-order valence-corrected chi connectivity index (χ1v) is 6.27. The smallest absolute Gasteiger partial charge is 0.271 e. The molecule has 0 atom stereocenters. The molecule has 5 nitrogen and oxygen atoms in total. The Kier molecular flexibility index (Phi) is 3.89. The lowest BCUT2D eigenvalue weighted by Crippen LogP contribution is -2.26. The van der Waals surface area contributed by atoms with Gasteiger partial charge in [-0.25, -0.2) is 0 Å². The predicted molar refractivity (Wildman–Crippen MR) is 67.9 cm³/mol. The summed E-state index contributed by atoms with van der Waals surface area (Å²) in [4.78, 5) is 12.7. The summed E-state index contributed by atoms with van der Waals surface area (Å²) in [5.41, 5.74) is 6.62. The highest BCUT2D eigenvalue weighted by molar-refractivity contribution is 7.13. The number of carbonyl (C=O) groups excluding carboxylic acids is 1. The van der Waals surface area contributed by atoms with Crippen LogP contribution in [0.3, 0.4) is 0 Å². The number of nitrogens with two attached hydrogens (primary N) is 1. The second kappa shape index (κ2) is 5.60. The van der Waals surface area contributed by atoms with Gasteiger partial charge in [0.2, 0.25) is 0 Å². The fourth-order valence-electron chi connectivity index (χ4n) is 1.39. The van der Waals surface area contributed by atoms with Crippen molar-refractivity contribution < 1.29 is 4.79 Å². The highest BCUT2D eigenvalue weighted by Crippen LogP contribution is 2.22. The molecular weight excluding hydrogens is 236 g/mol. The first-order valence-electron chi connectivity index (χ1n) is 5.39. The van der Waals surface area contributed by atoms with Gasteiger partial charge in [0.25, 0.3) is 5.91 Å². The molecule has 0 radical (unpaired) electrons. The molecule has 0 aliphatic carbocycles. The molecule has 0 bridgehead atoms. The van der Waals surface area contributed by atoms with Crippen LogP contribution in [0.1, 0.15) is 16.9 Å². The molecule has 17 heavy (non-hydrogen) atoms. The Labute approximate surface area is 103 Å². The number of aromatic nitrogens is 2. The van der Waals surface area contributed by atoms with Gasteiger partial charge in [-0.3, -0.25) is 9.89 Å². The van der Waals surface area contributed by atoms with Crippen molar-refractivity contribution in [1.29, 1.82) is 0 Å². The molecule has 2 aromatic heterocycles. The fourth-order valence-corrected chi connectivity index (χ4v) is 2.08. The minimum atomic E-state index is -0.169. The Balaban J connectivity index is 2.01. The first kappa shape index (κ1) is 11.8. The molecule has 0 spiro atoms. The molecule has 0 unspecified atom stereocenters. The molecule has 6 heteroatoms. The average Bonchev–Trinajstić information content (AvgIpc) is 3.00. The minimum Gasteiger partial charge on any atom is -0.351 e. The van der Waals surface area contributed by atoms with Crippen molar-refractivity contribution in [3.63, 3.8) is 0 Å². The Morgan fingerprint density at radius 3 is 3.18 bits per heavy atom. The maximum atomic E-state index is 11.7. The van der Waals surface area contributed by atoms with Crippen LogP contribution >= 0.6 is 11.3 Å². The second-order valence-corrected chi connectivity index (χ2v) is 4.49. The largest absolute Gasteiger partial charge is 0.351 e. The number of hydrogen-bond acceptors (Lipinski definition) is 4. The van der Waals surface area contributed by atoms with Gasteiger partial charge >= 0.3 is 0 Å². The molecule has 0 fully saturated rings. The van der Waals surface area contributed by atoms with Gasteiger partial charge in [0.15, 0.2) is 5.69 Å². The standard InChI is InChI=1S/C11H14N4OS/c12-4-2-5-13-11(16)9-7-8(14-15-9)10-3-1-6-17-10/h1,3,6-7H,2,4-5,12H2,(H,13,16)(H,14,15). The molecule has 2 aromatic rings. The molecule has 4 N–H and O–H groups in total. The number of H-pyrrole nitrogens is 1. The lowest BCUT2D eigenvalue weighted by atomic mass is 10.3. The van der Waals surface area contributed by atoms with Gasteiger partial charge in [0.1, 0.15) is 0 Å². The van der Waals surface area contributed by atoms with Crippen molar-refractivity contribution in [3.8, 4) is 10.6 Å². The molecule has 1 amide bonds. The average molecular weight is 250 g/mol. The van der Waals surface area contributed by atoms with E-state index < -0.39 is 0 Å². The van der Waals surface area contributed by atoms with Crippen LogP contribution in [-0.4, -0.2) is 29.2 Å². The van der Waals surface area contributed by atoms with Crippen molar-refractivity contribution in [2.75, 3.05) is 13.1 Å². The van der Waals surface area contributed by atoms with Crippen LogP contribution in [0.5, 0.6) is 0 Å². The Hall–Kier alpha value is -1.66. The SMILES string of the molecule is NCCCNC(=O)c1cc(-c2cccs2)[nH]n1. The van der Waals surface area contributed by atoms with Crippen LogP contribution in [0.2, 0.25) is 0 Å². The zero-order valence-corrected chi connectivity index (χ0v) is 10.1. The van der Waals surface area contributed by atoms with Crippen LogP contribution in [0.4, 0.5) is 0 Å². The third-order valence-electron chi connectivity index (χ3n) is 2.26. The molecule has 90 valence electrons. The molecule has 0 aromatic carbocycles. The quantitative estimate of drug-likeness (QED) is 0.697. The summed E-state index contributed by atoms with van der Waals surface area (Å²) >= 11 is 1.60. The normalized spacial score (nSPS) is 10.4. The van der Waals surface area contributed by atoms with Crippen LogP contribution in [0, 0.1) is 0 Å². The highest BCUT2D eigenvalue weighted by atomic mass is 32.1. The lowest BCUT2D eigenvalue weighted by Gasteiger charge is -1.99. The van der Waals surface area contributed by atoms with Gasteiger partial charge in [-0.05, 0) is 30.5 Å². The van der Waals surface area contributed by atoms with Gasteiger partial charge < -0.3 is 11.1 Å². The summed E-state index contributed by atoms with van der Waals surface area (Å²) in [5, 5.41) is 11.6. The van der Waals surface area contributed by atoms with E-state index in [0.717, 1.165) is 17.0 Å². The van der Waals surface area contributed by atoms with E-state index in [0.29, 0.717) is 18.8 Å². The van der Waals surface area contributed by atoms with Crippen LogP contribution in [-0.2, 0) is 0 Å². The maximum absolute atomic E-state index is 11.7. The molecular formula is C11H14N4OS. The van der Waals surface area contributed by atoms with Crippen molar-refractivity contribution in [3.05, 3.63) is 29.3 Å². The Bertz CT molecular complexity index is 477. The van der Waals surface area contributed by atoms with Crippen LogP contribution in [0.25, 0.3) is 10.6 Å². The van der Waals surface area contributed by atoms with E-state index in [2.05, 4.69) is 15.5 Å². The molecule has 2 heterocycles. The number of thiophene rings is 1. The third-order valence-corrected chi connectivity index (χ3v) is 3.17. The van der Waals surface area contributed by atoms with Gasteiger partial charge in [-0.1, -0.05) is 6.07 Å². The van der Waals surface area contributed by atoms with E-state index in [4.69, 9.17) is 5.73 Å². The van der Waals surface area contributed by atoms with Gasteiger partial charge in [0, 0.05) is 6.54 Å². The van der Waals surface area contributed by atoms with Crippen molar-refractivity contribution in [1.82, 2.24) is 15.5 Å². The summed E-state index contributed by atoms with van der Waals surface area (Å²) in [6.45, 7) is 1.15. The van der Waals surface area contributed by atoms with Crippen LogP contribution in [0.15, 0.2) is 23.6 Å².